The fourth-order valence-corrected chi connectivity index (χ4v) is 2.43. The molecule has 104 valence electrons. The molecule has 0 saturated carbocycles. The second-order valence-electron chi connectivity index (χ2n) is 5.21. The van der Waals surface area contributed by atoms with Crippen molar-refractivity contribution in [1.29, 1.82) is 0 Å². The van der Waals surface area contributed by atoms with Crippen molar-refractivity contribution in [2.45, 2.75) is 26.2 Å². The topological polar surface area (TPSA) is 90.9 Å². The fraction of sp³-hybridized carbons (Fsp3) is 0.667. The molecule has 2 aliphatic rings. The Morgan fingerprint density at radius 3 is 2.74 bits per heavy atom. The Morgan fingerprint density at radius 1 is 1.42 bits per heavy atom. The van der Waals surface area contributed by atoms with Gasteiger partial charge in [0.15, 0.2) is 0 Å². The number of nitrogens with zero attached hydrogens (tertiary/aromatic N) is 2. The minimum absolute atomic E-state index is 0.0540. The van der Waals surface area contributed by atoms with Gasteiger partial charge in [0.05, 0.1) is 5.41 Å². The standard InChI is InChI=1S/C12H18N4O3/c1-12(11(19)13-2)5-6-16(7-12)10(18)8-3-4-9(17)15-14-8/h3-7H2,1-2H3,(H,13,19)(H,15,17). The minimum atomic E-state index is -0.539. The van der Waals surface area contributed by atoms with Crippen LogP contribution in [-0.4, -0.2) is 48.5 Å². The molecule has 1 fully saturated rings. The molecule has 2 heterocycles. The van der Waals surface area contributed by atoms with Crippen molar-refractivity contribution in [3.8, 4) is 0 Å². The van der Waals surface area contributed by atoms with Gasteiger partial charge >= 0.3 is 0 Å². The number of carbonyl (C=O) groups excluding carboxylic acids is 3. The molecular weight excluding hydrogens is 248 g/mol. The van der Waals surface area contributed by atoms with Crippen molar-refractivity contribution in [1.82, 2.24) is 15.6 Å². The number of rotatable bonds is 2. The summed E-state index contributed by atoms with van der Waals surface area (Å²) in [6, 6.07) is 0. The highest BCUT2D eigenvalue weighted by atomic mass is 16.2. The zero-order chi connectivity index (χ0) is 14.0. The molecule has 19 heavy (non-hydrogen) atoms. The fourth-order valence-electron chi connectivity index (χ4n) is 2.43. The first-order valence-corrected chi connectivity index (χ1v) is 6.33. The Morgan fingerprint density at radius 2 is 2.16 bits per heavy atom. The average Bonchev–Trinajstić information content (AvgIpc) is 2.82. The van der Waals surface area contributed by atoms with E-state index in [1.54, 1.807) is 11.9 Å². The van der Waals surface area contributed by atoms with Crippen LogP contribution in [-0.2, 0) is 14.4 Å². The summed E-state index contributed by atoms with van der Waals surface area (Å²) in [5.41, 5.74) is 2.14. The lowest BCUT2D eigenvalue weighted by atomic mass is 9.89. The van der Waals surface area contributed by atoms with Crippen molar-refractivity contribution in [2.24, 2.45) is 10.5 Å². The molecule has 7 heteroatoms. The van der Waals surface area contributed by atoms with Crippen LogP contribution in [0.2, 0.25) is 0 Å². The SMILES string of the molecule is CNC(=O)C1(C)CCN(C(=O)C2=NNC(=O)CC2)C1. The van der Waals surface area contributed by atoms with Crippen molar-refractivity contribution < 1.29 is 14.4 Å². The van der Waals surface area contributed by atoms with Gasteiger partial charge in [-0.3, -0.25) is 14.4 Å². The summed E-state index contributed by atoms with van der Waals surface area (Å²) < 4.78 is 0. The predicted molar refractivity (Wildman–Crippen MR) is 68.2 cm³/mol. The quantitative estimate of drug-likeness (QED) is 0.688. The van der Waals surface area contributed by atoms with E-state index in [2.05, 4.69) is 15.8 Å². The van der Waals surface area contributed by atoms with Gasteiger partial charge in [0.25, 0.3) is 5.91 Å². The van der Waals surface area contributed by atoms with Gasteiger partial charge in [-0.2, -0.15) is 5.10 Å². The van der Waals surface area contributed by atoms with E-state index in [1.807, 2.05) is 6.92 Å². The van der Waals surface area contributed by atoms with Gasteiger partial charge in [-0.05, 0) is 13.3 Å². The molecule has 1 saturated heterocycles. The third kappa shape index (κ3) is 2.59. The first-order chi connectivity index (χ1) is 8.96. The molecule has 3 amide bonds. The number of hydrazone groups is 1. The molecule has 0 aromatic carbocycles. The van der Waals surface area contributed by atoms with Gasteiger partial charge in [-0.25, -0.2) is 5.43 Å². The van der Waals surface area contributed by atoms with Crippen LogP contribution in [0, 0.1) is 5.41 Å². The summed E-state index contributed by atoms with van der Waals surface area (Å²) in [6.07, 6.45) is 1.28. The van der Waals surface area contributed by atoms with Crippen LogP contribution in [0.25, 0.3) is 0 Å². The van der Waals surface area contributed by atoms with Crippen LogP contribution >= 0.6 is 0 Å². The van der Waals surface area contributed by atoms with Crippen LogP contribution in [0.1, 0.15) is 26.2 Å². The second-order valence-corrected chi connectivity index (χ2v) is 5.21. The summed E-state index contributed by atoms with van der Waals surface area (Å²) in [7, 11) is 1.60. The average molecular weight is 266 g/mol. The molecule has 7 nitrogen and oxygen atoms in total. The molecule has 2 rings (SSSR count). The number of amides is 3. The maximum Gasteiger partial charge on any atom is 0.270 e. The summed E-state index contributed by atoms with van der Waals surface area (Å²) in [5.74, 6) is -0.414. The lowest BCUT2D eigenvalue weighted by Gasteiger charge is -2.23. The van der Waals surface area contributed by atoms with Crippen LogP contribution in [0.3, 0.4) is 0 Å². The van der Waals surface area contributed by atoms with Gasteiger partial charge in [0, 0.05) is 33.0 Å². The van der Waals surface area contributed by atoms with E-state index in [0.29, 0.717) is 31.6 Å². The zero-order valence-corrected chi connectivity index (χ0v) is 11.2. The van der Waals surface area contributed by atoms with E-state index >= 15 is 0 Å². The van der Waals surface area contributed by atoms with E-state index < -0.39 is 5.41 Å². The Kier molecular flexibility index (Phi) is 3.55. The summed E-state index contributed by atoms with van der Waals surface area (Å²) in [5, 5.41) is 6.42. The molecule has 1 atom stereocenters. The predicted octanol–water partition coefficient (Wildman–Crippen LogP) is -0.763. The highest BCUT2D eigenvalue weighted by molar-refractivity contribution is 6.39. The lowest BCUT2D eigenvalue weighted by molar-refractivity contribution is -0.130. The molecule has 0 aliphatic carbocycles. The molecule has 0 bridgehead atoms. The van der Waals surface area contributed by atoms with E-state index in [4.69, 9.17) is 0 Å². The molecule has 0 aromatic heterocycles. The van der Waals surface area contributed by atoms with Gasteiger partial charge in [0.2, 0.25) is 11.8 Å². The summed E-state index contributed by atoms with van der Waals surface area (Å²) in [4.78, 5) is 36.6. The first-order valence-electron chi connectivity index (χ1n) is 6.33. The Balaban J connectivity index is 2.03. The Hall–Kier alpha value is -1.92. The number of likely N-dealkylation sites (tertiary alicyclic amines) is 1. The Bertz CT molecular complexity index is 460. The van der Waals surface area contributed by atoms with Gasteiger partial charge in [-0.15, -0.1) is 0 Å². The van der Waals surface area contributed by atoms with Gasteiger partial charge < -0.3 is 10.2 Å². The maximum atomic E-state index is 12.2. The van der Waals surface area contributed by atoms with Crippen LogP contribution in [0.15, 0.2) is 5.10 Å². The van der Waals surface area contributed by atoms with E-state index in [-0.39, 0.29) is 24.1 Å². The number of hydrogen-bond acceptors (Lipinski definition) is 4. The van der Waals surface area contributed by atoms with Crippen LogP contribution in [0.4, 0.5) is 0 Å². The second kappa shape index (κ2) is 4.99. The normalized spacial score (nSPS) is 26.7. The van der Waals surface area contributed by atoms with Crippen molar-refractivity contribution in [2.75, 3.05) is 20.1 Å². The number of carbonyl (C=O) groups is 3. The van der Waals surface area contributed by atoms with E-state index in [9.17, 15) is 14.4 Å². The Labute approximate surface area is 111 Å². The number of hydrogen-bond donors (Lipinski definition) is 2. The van der Waals surface area contributed by atoms with Crippen molar-refractivity contribution in [3.63, 3.8) is 0 Å². The molecule has 2 aliphatic heterocycles. The van der Waals surface area contributed by atoms with Crippen LogP contribution < -0.4 is 10.7 Å². The smallest absolute Gasteiger partial charge is 0.270 e. The highest BCUT2D eigenvalue weighted by Crippen LogP contribution is 2.30. The highest BCUT2D eigenvalue weighted by Gasteiger charge is 2.42. The lowest BCUT2D eigenvalue weighted by Crippen LogP contribution is -2.43. The number of nitrogens with one attached hydrogen (secondary N) is 2. The third-order valence-electron chi connectivity index (χ3n) is 3.69. The molecule has 1 unspecified atom stereocenters. The summed E-state index contributed by atoms with van der Waals surface area (Å²) >= 11 is 0. The molecular formula is C12H18N4O3. The minimum Gasteiger partial charge on any atom is -0.359 e. The van der Waals surface area contributed by atoms with Gasteiger partial charge in [-0.1, -0.05) is 0 Å². The maximum absolute atomic E-state index is 12.2. The third-order valence-corrected chi connectivity index (χ3v) is 3.69. The van der Waals surface area contributed by atoms with Crippen molar-refractivity contribution in [3.05, 3.63) is 0 Å². The first kappa shape index (κ1) is 13.5. The van der Waals surface area contributed by atoms with Gasteiger partial charge in [0.1, 0.15) is 5.71 Å². The zero-order valence-electron chi connectivity index (χ0n) is 11.2. The molecule has 0 aromatic rings. The largest absolute Gasteiger partial charge is 0.359 e. The van der Waals surface area contributed by atoms with Crippen LogP contribution in [0.5, 0.6) is 0 Å². The summed E-state index contributed by atoms with van der Waals surface area (Å²) in [6.45, 7) is 2.78. The molecule has 0 spiro atoms. The van der Waals surface area contributed by atoms with E-state index in [0.717, 1.165) is 0 Å². The van der Waals surface area contributed by atoms with Crippen molar-refractivity contribution >= 4 is 23.4 Å². The molecule has 0 radical (unpaired) electrons. The van der Waals surface area contributed by atoms with E-state index in [1.165, 1.54) is 0 Å². The molecule has 2 N–H and O–H groups in total. The monoisotopic (exact) mass is 266 g/mol.